The molecule has 5 nitrogen and oxygen atoms in total. The number of hydrogen-bond donors (Lipinski definition) is 2. The van der Waals surface area contributed by atoms with Crippen molar-refractivity contribution in [1.82, 2.24) is 15.5 Å². The number of aliphatic hydroxyl groups is 1. The SMILES string of the molecule is C[C@H](CO)NC(=O)c1nnc(Cl)s1. The number of aromatic nitrogens is 2. The number of nitrogens with zero attached hydrogens (tertiary/aromatic N) is 2. The molecule has 72 valence electrons. The summed E-state index contributed by atoms with van der Waals surface area (Å²) < 4.78 is 0.224. The van der Waals surface area contributed by atoms with Crippen LogP contribution in [0, 0.1) is 0 Å². The van der Waals surface area contributed by atoms with E-state index < -0.39 is 0 Å². The lowest BCUT2D eigenvalue weighted by atomic mass is 10.3. The van der Waals surface area contributed by atoms with Crippen LogP contribution in [-0.2, 0) is 0 Å². The third kappa shape index (κ3) is 2.91. The zero-order valence-corrected chi connectivity index (χ0v) is 8.39. The first kappa shape index (κ1) is 10.4. The van der Waals surface area contributed by atoms with Crippen LogP contribution >= 0.6 is 22.9 Å². The van der Waals surface area contributed by atoms with Crippen LogP contribution in [0.5, 0.6) is 0 Å². The van der Waals surface area contributed by atoms with Gasteiger partial charge in [0.1, 0.15) is 0 Å². The van der Waals surface area contributed by atoms with Crippen molar-refractivity contribution >= 4 is 28.8 Å². The van der Waals surface area contributed by atoms with Gasteiger partial charge in [0.25, 0.3) is 5.91 Å². The van der Waals surface area contributed by atoms with E-state index in [1.807, 2.05) is 0 Å². The van der Waals surface area contributed by atoms with Gasteiger partial charge in [-0.2, -0.15) is 0 Å². The highest BCUT2D eigenvalue weighted by atomic mass is 35.5. The molecule has 0 aromatic carbocycles. The fourth-order valence-electron chi connectivity index (χ4n) is 0.628. The Morgan fingerprint density at radius 1 is 1.77 bits per heavy atom. The van der Waals surface area contributed by atoms with E-state index in [4.69, 9.17) is 16.7 Å². The molecule has 1 amide bonds. The summed E-state index contributed by atoms with van der Waals surface area (Å²) in [4.78, 5) is 11.3. The molecule has 13 heavy (non-hydrogen) atoms. The predicted octanol–water partition coefficient (Wildman–Crippen LogP) is 0.302. The average Bonchev–Trinajstić information content (AvgIpc) is 2.51. The van der Waals surface area contributed by atoms with Gasteiger partial charge in [-0.3, -0.25) is 4.79 Å². The first-order valence-electron chi connectivity index (χ1n) is 3.54. The number of rotatable bonds is 3. The van der Waals surface area contributed by atoms with Gasteiger partial charge in [0.2, 0.25) is 9.47 Å². The molecular weight excluding hydrogens is 214 g/mol. The molecule has 1 aromatic rings. The van der Waals surface area contributed by atoms with Crippen molar-refractivity contribution in [3.8, 4) is 0 Å². The molecule has 1 atom stereocenters. The monoisotopic (exact) mass is 221 g/mol. The van der Waals surface area contributed by atoms with Gasteiger partial charge >= 0.3 is 0 Å². The number of halogens is 1. The summed E-state index contributed by atoms with van der Waals surface area (Å²) in [7, 11) is 0. The molecule has 2 N–H and O–H groups in total. The smallest absolute Gasteiger partial charge is 0.282 e. The molecule has 0 spiro atoms. The first-order valence-corrected chi connectivity index (χ1v) is 4.73. The van der Waals surface area contributed by atoms with Crippen LogP contribution in [0.15, 0.2) is 0 Å². The van der Waals surface area contributed by atoms with Gasteiger partial charge in [-0.25, -0.2) is 0 Å². The molecule has 0 unspecified atom stereocenters. The summed E-state index contributed by atoms with van der Waals surface area (Å²) in [6, 6.07) is -0.296. The minimum atomic E-state index is -0.369. The fraction of sp³-hybridized carbons (Fsp3) is 0.500. The second-order valence-electron chi connectivity index (χ2n) is 2.42. The van der Waals surface area contributed by atoms with Gasteiger partial charge < -0.3 is 10.4 Å². The van der Waals surface area contributed by atoms with Gasteiger partial charge in [0.05, 0.1) is 6.61 Å². The summed E-state index contributed by atoms with van der Waals surface area (Å²) in [5.41, 5.74) is 0. The van der Waals surface area contributed by atoms with E-state index >= 15 is 0 Å². The van der Waals surface area contributed by atoms with E-state index in [2.05, 4.69) is 15.5 Å². The summed E-state index contributed by atoms with van der Waals surface area (Å²) in [5.74, 6) is -0.369. The molecule has 0 aliphatic carbocycles. The van der Waals surface area contributed by atoms with Crippen molar-refractivity contribution in [2.24, 2.45) is 0 Å². The number of hydrogen-bond acceptors (Lipinski definition) is 5. The number of amides is 1. The van der Waals surface area contributed by atoms with Gasteiger partial charge in [0, 0.05) is 6.04 Å². The first-order chi connectivity index (χ1) is 6.13. The Kier molecular flexibility index (Phi) is 3.58. The number of aliphatic hydroxyl groups excluding tert-OH is 1. The standard InChI is InChI=1S/C6H8ClN3O2S/c1-3(2-11)8-4(12)5-9-10-6(7)13-5/h3,11H,2H2,1H3,(H,8,12)/t3-/m1/s1. The zero-order valence-electron chi connectivity index (χ0n) is 6.82. The van der Waals surface area contributed by atoms with Gasteiger partial charge in [-0.1, -0.05) is 11.3 Å². The average molecular weight is 222 g/mol. The number of carbonyl (C=O) groups excluding carboxylic acids is 1. The van der Waals surface area contributed by atoms with E-state index in [0.29, 0.717) is 0 Å². The van der Waals surface area contributed by atoms with Crippen LogP contribution in [0.25, 0.3) is 0 Å². The normalized spacial score (nSPS) is 12.5. The molecule has 1 heterocycles. The highest BCUT2D eigenvalue weighted by molar-refractivity contribution is 7.17. The summed E-state index contributed by atoms with van der Waals surface area (Å²) >= 11 is 6.49. The van der Waals surface area contributed by atoms with Gasteiger partial charge in [-0.05, 0) is 18.5 Å². The zero-order chi connectivity index (χ0) is 9.84. The molecule has 0 aliphatic heterocycles. The van der Waals surface area contributed by atoms with Crippen LogP contribution < -0.4 is 5.32 Å². The lowest BCUT2D eigenvalue weighted by Crippen LogP contribution is -2.34. The molecular formula is C6H8ClN3O2S. The molecule has 0 saturated carbocycles. The van der Waals surface area contributed by atoms with E-state index in [-0.39, 0.29) is 28.0 Å². The maximum atomic E-state index is 11.3. The number of carbonyl (C=O) groups is 1. The Balaban J connectivity index is 2.58. The minimum absolute atomic E-state index is 0.113. The lowest BCUT2D eigenvalue weighted by Gasteiger charge is -2.07. The highest BCUT2D eigenvalue weighted by Crippen LogP contribution is 2.14. The van der Waals surface area contributed by atoms with Crippen LogP contribution in [-0.4, -0.2) is 33.9 Å². The second-order valence-corrected chi connectivity index (χ2v) is 3.98. The summed E-state index contributed by atoms with van der Waals surface area (Å²) in [5, 5.41) is 18.4. The maximum Gasteiger partial charge on any atom is 0.282 e. The predicted molar refractivity (Wildman–Crippen MR) is 48.9 cm³/mol. The fourth-order valence-corrected chi connectivity index (χ4v) is 1.36. The Labute approximate surface area is 83.7 Å². The van der Waals surface area contributed by atoms with Crippen molar-refractivity contribution in [2.75, 3.05) is 6.61 Å². The molecule has 1 aromatic heterocycles. The highest BCUT2D eigenvalue weighted by Gasteiger charge is 2.13. The van der Waals surface area contributed by atoms with Crippen LogP contribution in [0.1, 0.15) is 16.7 Å². The van der Waals surface area contributed by atoms with E-state index in [9.17, 15) is 4.79 Å². The Bertz CT molecular complexity index is 304. The van der Waals surface area contributed by atoms with E-state index in [1.54, 1.807) is 6.92 Å². The van der Waals surface area contributed by atoms with Crippen molar-refractivity contribution in [1.29, 1.82) is 0 Å². The van der Waals surface area contributed by atoms with Crippen LogP contribution in [0.4, 0.5) is 0 Å². The Hall–Kier alpha value is -0.720. The molecule has 0 fully saturated rings. The Morgan fingerprint density at radius 3 is 2.92 bits per heavy atom. The Morgan fingerprint density at radius 2 is 2.46 bits per heavy atom. The molecule has 0 saturated heterocycles. The minimum Gasteiger partial charge on any atom is -0.394 e. The van der Waals surface area contributed by atoms with Gasteiger partial charge in [0.15, 0.2) is 0 Å². The topological polar surface area (TPSA) is 75.1 Å². The molecule has 0 aliphatic rings. The molecule has 0 bridgehead atoms. The third-order valence-electron chi connectivity index (χ3n) is 1.25. The van der Waals surface area contributed by atoms with Crippen molar-refractivity contribution in [3.05, 3.63) is 9.47 Å². The largest absolute Gasteiger partial charge is 0.394 e. The quantitative estimate of drug-likeness (QED) is 0.770. The van der Waals surface area contributed by atoms with Gasteiger partial charge in [-0.15, -0.1) is 10.2 Å². The lowest BCUT2D eigenvalue weighted by molar-refractivity contribution is 0.0921. The van der Waals surface area contributed by atoms with Crippen LogP contribution in [0.2, 0.25) is 4.47 Å². The third-order valence-corrected chi connectivity index (χ3v) is 2.26. The molecule has 0 radical (unpaired) electrons. The maximum absolute atomic E-state index is 11.3. The summed E-state index contributed by atoms with van der Waals surface area (Å²) in [6.07, 6.45) is 0. The molecule has 1 rings (SSSR count). The van der Waals surface area contributed by atoms with Crippen molar-refractivity contribution in [2.45, 2.75) is 13.0 Å². The van der Waals surface area contributed by atoms with E-state index in [1.165, 1.54) is 0 Å². The summed E-state index contributed by atoms with van der Waals surface area (Å²) in [6.45, 7) is 1.57. The second kappa shape index (κ2) is 4.50. The van der Waals surface area contributed by atoms with Crippen molar-refractivity contribution in [3.63, 3.8) is 0 Å². The van der Waals surface area contributed by atoms with Crippen molar-refractivity contribution < 1.29 is 9.90 Å². The van der Waals surface area contributed by atoms with Crippen LogP contribution in [0.3, 0.4) is 0 Å². The van der Waals surface area contributed by atoms with E-state index in [0.717, 1.165) is 11.3 Å². The number of nitrogens with one attached hydrogen (secondary N) is 1. The molecule has 7 heteroatoms.